The number of hydrogen-bond acceptors (Lipinski definition) is 5. The number of amides is 2. The topological polar surface area (TPSA) is 85.7 Å². The molecular weight excluding hydrogens is 336 g/mol. The number of carbonyl (C=O) groups is 2. The summed E-state index contributed by atoms with van der Waals surface area (Å²) in [4.78, 5) is 26.1. The molecule has 26 heavy (non-hydrogen) atoms. The number of piperidine rings is 1. The lowest BCUT2D eigenvalue weighted by molar-refractivity contribution is -0.00504. The molecule has 0 saturated carbocycles. The Morgan fingerprint density at radius 3 is 3.00 bits per heavy atom. The molecule has 0 radical (unpaired) electrons. The first-order valence-corrected chi connectivity index (χ1v) is 8.54. The Kier molecular flexibility index (Phi) is 4.02. The first kappa shape index (κ1) is 16.4. The number of nitrogens with zero attached hydrogens (tertiary/aromatic N) is 3. The molecule has 8 heteroatoms. The van der Waals surface area contributed by atoms with Crippen molar-refractivity contribution in [1.29, 1.82) is 0 Å². The van der Waals surface area contributed by atoms with E-state index in [2.05, 4.69) is 10.4 Å². The Balaban J connectivity index is 1.54. The zero-order chi connectivity index (χ0) is 18.1. The summed E-state index contributed by atoms with van der Waals surface area (Å²) in [6.07, 6.45) is 4.38. The molecule has 1 N–H and O–H groups in total. The van der Waals surface area contributed by atoms with E-state index < -0.39 is 11.7 Å². The molecule has 0 bridgehead atoms. The lowest BCUT2D eigenvalue weighted by Gasteiger charge is -2.37. The second-order valence-electron chi connectivity index (χ2n) is 6.60. The number of ether oxygens (including phenoxy) is 2. The number of hydrogen-bond donors (Lipinski definition) is 1. The highest BCUT2D eigenvalue weighted by atomic mass is 16.6. The molecule has 1 unspecified atom stereocenters. The fraction of sp³-hybridized carbons (Fsp3) is 0.389. The first-order chi connectivity index (χ1) is 12.6. The van der Waals surface area contributed by atoms with Gasteiger partial charge in [0, 0.05) is 12.7 Å². The van der Waals surface area contributed by atoms with Crippen molar-refractivity contribution in [3.8, 4) is 11.4 Å². The summed E-state index contributed by atoms with van der Waals surface area (Å²) in [5.41, 5.74) is 0.646. The van der Waals surface area contributed by atoms with E-state index >= 15 is 0 Å². The molecule has 2 aromatic rings. The minimum atomic E-state index is -0.608. The van der Waals surface area contributed by atoms with Gasteiger partial charge in [-0.2, -0.15) is 5.10 Å². The van der Waals surface area contributed by atoms with Gasteiger partial charge >= 0.3 is 6.09 Å². The molecule has 8 nitrogen and oxygen atoms in total. The van der Waals surface area contributed by atoms with Crippen molar-refractivity contribution in [2.75, 3.05) is 26.7 Å². The molecule has 2 aliphatic heterocycles. The van der Waals surface area contributed by atoms with E-state index in [1.54, 1.807) is 29.1 Å². The molecular formula is C18H20N4O4. The summed E-state index contributed by atoms with van der Waals surface area (Å²) in [5, 5.41) is 6.99. The van der Waals surface area contributed by atoms with Gasteiger partial charge in [0.15, 0.2) is 0 Å². The van der Waals surface area contributed by atoms with Gasteiger partial charge in [0.05, 0.1) is 32.0 Å². The lowest BCUT2D eigenvalue weighted by Crippen LogP contribution is -2.52. The van der Waals surface area contributed by atoms with Crippen molar-refractivity contribution < 1.29 is 19.1 Å². The number of likely N-dealkylation sites (tertiary alicyclic amines) is 1. The van der Waals surface area contributed by atoms with Crippen LogP contribution in [0, 0.1) is 0 Å². The summed E-state index contributed by atoms with van der Waals surface area (Å²) in [6.45, 7) is 1.47. The number of alkyl carbamates (subject to hydrolysis) is 1. The number of benzene rings is 1. The van der Waals surface area contributed by atoms with Gasteiger partial charge in [-0.1, -0.05) is 12.1 Å². The third-order valence-electron chi connectivity index (χ3n) is 4.85. The smallest absolute Gasteiger partial charge is 0.407 e. The van der Waals surface area contributed by atoms with Crippen molar-refractivity contribution in [3.63, 3.8) is 0 Å². The van der Waals surface area contributed by atoms with E-state index in [-0.39, 0.29) is 5.91 Å². The standard InChI is InChI=1S/C18H20N4O4/c1-25-15-6-3-2-5-14(15)22-10-13(9-20-22)16(23)21-8-4-7-18(12-21)11-19-17(24)26-18/h2-3,5-6,9-10H,4,7-8,11-12H2,1H3,(H,19,24). The van der Waals surface area contributed by atoms with Crippen molar-refractivity contribution >= 4 is 12.0 Å². The summed E-state index contributed by atoms with van der Waals surface area (Å²) in [5.74, 6) is 0.559. The molecule has 136 valence electrons. The van der Waals surface area contributed by atoms with Crippen LogP contribution >= 0.6 is 0 Å². The molecule has 1 atom stereocenters. The third-order valence-corrected chi connectivity index (χ3v) is 4.85. The Morgan fingerprint density at radius 1 is 1.38 bits per heavy atom. The maximum atomic E-state index is 12.9. The van der Waals surface area contributed by atoms with Gasteiger partial charge in [0.25, 0.3) is 5.91 Å². The fourth-order valence-corrected chi connectivity index (χ4v) is 3.57. The average Bonchev–Trinajstić information content (AvgIpc) is 3.28. The van der Waals surface area contributed by atoms with Crippen LogP contribution in [0.3, 0.4) is 0 Å². The second-order valence-corrected chi connectivity index (χ2v) is 6.60. The molecule has 0 aliphatic carbocycles. The average molecular weight is 356 g/mol. The maximum absolute atomic E-state index is 12.9. The molecule has 2 saturated heterocycles. The van der Waals surface area contributed by atoms with Gasteiger partial charge < -0.3 is 19.7 Å². The van der Waals surface area contributed by atoms with E-state index in [1.807, 2.05) is 24.3 Å². The number of aromatic nitrogens is 2. The van der Waals surface area contributed by atoms with Gasteiger partial charge in [-0.05, 0) is 25.0 Å². The van der Waals surface area contributed by atoms with Crippen LogP contribution in [0.1, 0.15) is 23.2 Å². The number of carbonyl (C=O) groups excluding carboxylic acids is 2. The number of methoxy groups -OCH3 is 1. The van der Waals surface area contributed by atoms with Crippen LogP contribution in [-0.2, 0) is 4.74 Å². The van der Waals surface area contributed by atoms with E-state index in [0.29, 0.717) is 30.9 Å². The normalized spacial score (nSPS) is 22.2. The van der Waals surface area contributed by atoms with Crippen LogP contribution in [0.15, 0.2) is 36.7 Å². The zero-order valence-corrected chi connectivity index (χ0v) is 14.5. The SMILES string of the molecule is COc1ccccc1-n1cc(C(=O)N2CCCC3(CNC(=O)O3)C2)cn1. The molecule has 4 rings (SSSR count). The summed E-state index contributed by atoms with van der Waals surface area (Å²) in [6, 6.07) is 7.48. The highest BCUT2D eigenvalue weighted by molar-refractivity contribution is 5.94. The molecule has 1 aromatic carbocycles. The zero-order valence-electron chi connectivity index (χ0n) is 14.5. The number of para-hydroxylation sites is 2. The van der Waals surface area contributed by atoms with Crippen molar-refractivity contribution in [2.24, 2.45) is 0 Å². The van der Waals surface area contributed by atoms with Gasteiger partial charge in [-0.15, -0.1) is 0 Å². The third kappa shape index (κ3) is 2.87. The lowest BCUT2D eigenvalue weighted by atomic mass is 9.93. The van der Waals surface area contributed by atoms with Gasteiger partial charge in [-0.25, -0.2) is 9.48 Å². The summed E-state index contributed by atoms with van der Waals surface area (Å²) >= 11 is 0. The number of nitrogens with one attached hydrogen (secondary N) is 1. The number of rotatable bonds is 3. The molecule has 2 aliphatic rings. The van der Waals surface area contributed by atoms with Crippen molar-refractivity contribution in [2.45, 2.75) is 18.4 Å². The van der Waals surface area contributed by atoms with Crippen molar-refractivity contribution in [3.05, 3.63) is 42.2 Å². The Hall–Kier alpha value is -3.03. The molecule has 1 spiro atoms. The molecule has 2 fully saturated rings. The molecule has 1 aromatic heterocycles. The van der Waals surface area contributed by atoms with Crippen molar-refractivity contribution in [1.82, 2.24) is 20.0 Å². The Labute approximate surface area is 150 Å². The molecule has 3 heterocycles. The van der Waals surface area contributed by atoms with Crippen LogP contribution in [-0.4, -0.2) is 59.0 Å². The quantitative estimate of drug-likeness (QED) is 0.903. The monoisotopic (exact) mass is 356 g/mol. The van der Waals surface area contributed by atoms with E-state index in [0.717, 1.165) is 18.5 Å². The van der Waals surface area contributed by atoms with Crippen LogP contribution in [0.2, 0.25) is 0 Å². The van der Waals surface area contributed by atoms with Gasteiger partial charge in [0.2, 0.25) is 0 Å². The fourth-order valence-electron chi connectivity index (χ4n) is 3.57. The van der Waals surface area contributed by atoms with E-state index in [4.69, 9.17) is 9.47 Å². The van der Waals surface area contributed by atoms with Crippen LogP contribution in [0.4, 0.5) is 4.79 Å². The second kappa shape index (κ2) is 6.36. The predicted molar refractivity (Wildman–Crippen MR) is 92.5 cm³/mol. The minimum absolute atomic E-state index is 0.117. The van der Waals surface area contributed by atoms with Crippen LogP contribution < -0.4 is 10.1 Å². The Morgan fingerprint density at radius 2 is 2.23 bits per heavy atom. The molecule has 2 amide bonds. The van der Waals surface area contributed by atoms with E-state index in [9.17, 15) is 9.59 Å². The predicted octanol–water partition coefficient (Wildman–Crippen LogP) is 1.60. The van der Waals surface area contributed by atoms with Crippen LogP contribution in [0.25, 0.3) is 5.69 Å². The first-order valence-electron chi connectivity index (χ1n) is 8.54. The largest absolute Gasteiger partial charge is 0.494 e. The van der Waals surface area contributed by atoms with Gasteiger partial charge in [-0.3, -0.25) is 4.79 Å². The summed E-state index contributed by atoms with van der Waals surface area (Å²) < 4.78 is 12.4. The van der Waals surface area contributed by atoms with Crippen LogP contribution in [0.5, 0.6) is 5.75 Å². The maximum Gasteiger partial charge on any atom is 0.407 e. The highest BCUT2D eigenvalue weighted by Gasteiger charge is 2.45. The van der Waals surface area contributed by atoms with E-state index in [1.165, 1.54) is 0 Å². The highest BCUT2D eigenvalue weighted by Crippen LogP contribution is 2.29. The summed E-state index contributed by atoms with van der Waals surface area (Å²) in [7, 11) is 1.60. The Bertz CT molecular complexity index is 849. The minimum Gasteiger partial charge on any atom is -0.494 e. The van der Waals surface area contributed by atoms with Gasteiger partial charge in [0.1, 0.15) is 17.0 Å².